The summed E-state index contributed by atoms with van der Waals surface area (Å²) in [5.41, 5.74) is 1.04. The van der Waals surface area contributed by atoms with Gasteiger partial charge in [0.15, 0.2) is 0 Å². The highest BCUT2D eigenvalue weighted by molar-refractivity contribution is 9.10. The van der Waals surface area contributed by atoms with Crippen LogP contribution in [-0.4, -0.2) is 15.5 Å². The van der Waals surface area contributed by atoms with Gasteiger partial charge in [-0.15, -0.1) is 0 Å². The van der Waals surface area contributed by atoms with E-state index in [0.29, 0.717) is 0 Å². The molecule has 1 aromatic heterocycles. The van der Waals surface area contributed by atoms with E-state index >= 15 is 0 Å². The minimum atomic E-state index is -0.198. The standard InChI is InChI=1S/C15H16BrN3O/c1-19-9-8-17-14(19)13(18-15(20)11-2-3-11)10-4-6-12(16)7-5-10/h4-9,11,13H,2-3H2,1H3,(H,18,20). The van der Waals surface area contributed by atoms with E-state index in [4.69, 9.17) is 0 Å². The van der Waals surface area contributed by atoms with Crippen molar-refractivity contribution < 1.29 is 4.79 Å². The van der Waals surface area contributed by atoms with Gasteiger partial charge in [0.1, 0.15) is 11.9 Å². The SMILES string of the molecule is Cn1ccnc1C(NC(=O)C1CC1)c1ccc(Br)cc1. The zero-order valence-corrected chi connectivity index (χ0v) is 12.8. The first-order chi connectivity index (χ1) is 9.65. The molecule has 1 N–H and O–H groups in total. The fourth-order valence-corrected chi connectivity index (χ4v) is 2.48. The van der Waals surface area contributed by atoms with Crippen LogP contribution in [0.1, 0.15) is 30.3 Å². The molecule has 4 nitrogen and oxygen atoms in total. The van der Waals surface area contributed by atoms with Crippen molar-refractivity contribution in [3.8, 4) is 0 Å². The molecule has 20 heavy (non-hydrogen) atoms. The number of hydrogen-bond acceptors (Lipinski definition) is 2. The van der Waals surface area contributed by atoms with Gasteiger partial charge in [-0.05, 0) is 30.5 Å². The Balaban J connectivity index is 1.92. The molecule has 0 spiro atoms. The second kappa shape index (κ2) is 5.40. The number of nitrogens with zero attached hydrogens (tertiary/aromatic N) is 2. The number of aryl methyl sites for hydroxylation is 1. The monoisotopic (exact) mass is 333 g/mol. The number of amides is 1. The van der Waals surface area contributed by atoms with Crippen LogP contribution in [0.2, 0.25) is 0 Å². The first kappa shape index (κ1) is 13.4. The largest absolute Gasteiger partial charge is 0.342 e. The van der Waals surface area contributed by atoms with Crippen LogP contribution in [0.4, 0.5) is 0 Å². The first-order valence-electron chi connectivity index (χ1n) is 6.68. The molecular weight excluding hydrogens is 318 g/mol. The van der Waals surface area contributed by atoms with Gasteiger partial charge < -0.3 is 9.88 Å². The van der Waals surface area contributed by atoms with E-state index in [1.807, 2.05) is 42.1 Å². The average molecular weight is 334 g/mol. The Bertz CT molecular complexity index is 616. The van der Waals surface area contributed by atoms with Gasteiger partial charge in [0.2, 0.25) is 5.91 Å². The van der Waals surface area contributed by atoms with Gasteiger partial charge in [0.05, 0.1) is 0 Å². The van der Waals surface area contributed by atoms with E-state index in [9.17, 15) is 4.79 Å². The molecule has 1 unspecified atom stereocenters. The Morgan fingerprint density at radius 2 is 2.10 bits per heavy atom. The topological polar surface area (TPSA) is 46.9 Å². The minimum Gasteiger partial charge on any atom is -0.342 e. The number of imidazole rings is 1. The molecule has 0 aliphatic heterocycles. The van der Waals surface area contributed by atoms with Crippen molar-refractivity contribution >= 4 is 21.8 Å². The molecule has 0 bridgehead atoms. The molecule has 1 atom stereocenters. The summed E-state index contributed by atoms with van der Waals surface area (Å²) in [4.78, 5) is 16.5. The molecule has 3 rings (SSSR count). The summed E-state index contributed by atoms with van der Waals surface area (Å²) in [6.45, 7) is 0. The van der Waals surface area contributed by atoms with Crippen LogP contribution in [0, 0.1) is 5.92 Å². The highest BCUT2D eigenvalue weighted by Crippen LogP contribution is 2.31. The number of carbonyl (C=O) groups excluding carboxylic acids is 1. The molecule has 1 saturated carbocycles. The van der Waals surface area contributed by atoms with Crippen LogP contribution < -0.4 is 5.32 Å². The van der Waals surface area contributed by atoms with Crippen molar-refractivity contribution in [1.29, 1.82) is 0 Å². The third kappa shape index (κ3) is 2.77. The number of carbonyl (C=O) groups is 1. The predicted molar refractivity (Wildman–Crippen MR) is 80.1 cm³/mol. The lowest BCUT2D eigenvalue weighted by Crippen LogP contribution is -2.32. The van der Waals surface area contributed by atoms with Crippen molar-refractivity contribution in [2.45, 2.75) is 18.9 Å². The van der Waals surface area contributed by atoms with Crippen molar-refractivity contribution in [1.82, 2.24) is 14.9 Å². The molecule has 0 radical (unpaired) electrons. The Labute approximate surface area is 126 Å². The Morgan fingerprint density at radius 1 is 1.40 bits per heavy atom. The minimum absolute atomic E-state index is 0.126. The average Bonchev–Trinajstić information content (AvgIpc) is 3.20. The van der Waals surface area contributed by atoms with E-state index < -0.39 is 0 Å². The van der Waals surface area contributed by atoms with Crippen LogP contribution in [0.5, 0.6) is 0 Å². The first-order valence-corrected chi connectivity index (χ1v) is 7.47. The third-order valence-electron chi connectivity index (χ3n) is 3.55. The lowest BCUT2D eigenvalue weighted by molar-refractivity contribution is -0.122. The van der Waals surface area contributed by atoms with Gasteiger partial charge in [-0.3, -0.25) is 4.79 Å². The summed E-state index contributed by atoms with van der Waals surface area (Å²) in [5, 5.41) is 3.12. The highest BCUT2D eigenvalue weighted by atomic mass is 79.9. The maximum atomic E-state index is 12.1. The maximum absolute atomic E-state index is 12.1. The van der Waals surface area contributed by atoms with Crippen LogP contribution in [0.15, 0.2) is 41.1 Å². The number of rotatable bonds is 4. The van der Waals surface area contributed by atoms with Crippen molar-refractivity contribution in [3.05, 3.63) is 52.5 Å². The number of nitrogens with one attached hydrogen (secondary N) is 1. The summed E-state index contributed by atoms with van der Waals surface area (Å²) < 4.78 is 2.97. The lowest BCUT2D eigenvalue weighted by atomic mass is 10.1. The molecule has 1 fully saturated rings. The molecule has 104 valence electrons. The van der Waals surface area contributed by atoms with Gasteiger partial charge in [0.25, 0.3) is 0 Å². The summed E-state index contributed by atoms with van der Waals surface area (Å²) in [7, 11) is 1.94. The molecule has 1 amide bonds. The summed E-state index contributed by atoms with van der Waals surface area (Å²) in [6.07, 6.45) is 5.65. The second-order valence-corrected chi connectivity index (χ2v) is 6.08. The molecule has 2 aromatic rings. The van der Waals surface area contributed by atoms with Gasteiger partial charge in [-0.25, -0.2) is 4.98 Å². The fraction of sp³-hybridized carbons (Fsp3) is 0.333. The number of halogens is 1. The molecule has 5 heteroatoms. The summed E-state index contributed by atoms with van der Waals surface area (Å²) in [6, 6.07) is 7.78. The van der Waals surface area contributed by atoms with Crippen molar-refractivity contribution in [2.75, 3.05) is 0 Å². The fourth-order valence-electron chi connectivity index (χ4n) is 2.21. The molecule has 1 heterocycles. The Hall–Kier alpha value is -1.62. The van der Waals surface area contributed by atoms with Gasteiger partial charge >= 0.3 is 0 Å². The van der Waals surface area contributed by atoms with Crippen LogP contribution in [0.3, 0.4) is 0 Å². The van der Waals surface area contributed by atoms with Crippen LogP contribution >= 0.6 is 15.9 Å². The van der Waals surface area contributed by atoms with Crippen LogP contribution in [0.25, 0.3) is 0 Å². The van der Waals surface area contributed by atoms with E-state index in [-0.39, 0.29) is 17.9 Å². The van der Waals surface area contributed by atoms with E-state index in [2.05, 4.69) is 26.2 Å². The second-order valence-electron chi connectivity index (χ2n) is 5.16. The molecule has 1 aliphatic carbocycles. The van der Waals surface area contributed by atoms with Gasteiger partial charge in [-0.1, -0.05) is 28.1 Å². The summed E-state index contributed by atoms with van der Waals surface area (Å²) >= 11 is 3.43. The van der Waals surface area contributed by atoms with Crippen LogP contribution in [-0.2, 0) is 11.8 Å². The molecule has 0 saturated heterocycles. The van der Waals surface area contributed by atoms with Gasteiger partial charge in [0, 0.05) is 29.8 Å². The van der Waals surface area contributed by atoms with Crippen molar-refractivity contribution in [3.63, 3.8) is 0 Å². The number of aromatic nitrogens is 2. The van der Waals surface area contributed by atoms with E-state index in [0.717, 1.165) is 28.7 Å². The van der Waals surface area contributed by atoms with E-state index in [1.54, 1.807) is 6.20 Å². The molecule has 1 aliphatic rings. The van der Waals surface area contributed by atoms with Crippen molar-refractivity contribution in [2.24, 2.45) is 13.0 Å². The Kier molecular flexibility index (Phi) is 3.61. The quantitative estimate of drug-likeness (QED) is 0.935. The smallest absolute Gasteiger partial charge is 0.223 e. The van der Waals surface area contributed by atoms with E-state index in [1.165, 1.54) is 0 Å². The molecule has 1 aromatic carbocycles. The lowest BCUT2D eigenvalue weighted by Gasteiger charge is -2.19. The zero-order valence-electron chi connectivity index (χ0n) is 11.2. The normalized spacial score (nSPS) is 15.9. The highest BCUT2D eigenvalue weighted by Gasteiger charge is 2.32. The number of hydrogen-bond donors (Lipinski definition) is 1. The zero-order chi connectivity index (χ0) is 14.1. The maximum Gasteiger partial charge on any atom is 0.223 e. The molecular formula is C15H16BrN3O. The van der Waals surface area contributed by atoms with Gasteiger partial charge in [-0.2, -0.15) is 0 Å². The Morgan fingerprint density at radius 3 is 2.65 bits per heavy atom. The summed E-state index contributed by atoms with van der Waals surface area (Å²) in [5.74, 6) is 1.16. The third-order valence-corrected chi connectivity index (χ3v) is 4.08. The predicted octanol–water partition coefficient (Wildman–Crippen LogP) is 2.80. The number of benzene rings is 1.